The van der Waals surface area contributed by atoms with Gasteiger partial charge in [0.1, 0.15) is 5.82 Å². The summed E-state index contributed by atoms with van der Waals surface area (Å²) in [6.45, 7) is 1.72. The minimum atomic E-state index is -0.211. The molecular formula is C12H13FN2. The molecule has 2 rings (SSSR count). The number of likely N-dealkylation sites (tertiary alicyclic amines) is 1. The van der Waals surface area contributed by atoms with Crippen LogP contribution in [-0.4, -0.2) is 17.5 Å². The standard InChI is InChI=1S/C12H13FN2/c13-11-5-3-10(4-6-11)9-15-7-1-2-12(15)8-14/h3-6,12H,1-2,7,9H2. The third-order valence-electron chi connectivity index (χ3n) is 2.81. The van der Waals surface area contributed by atoms with Crippen LogP contribution in [0.25, 0.3) is 0 Å². The van der Waals surface area contributed by atoms with Gasteiger partial charge in [0.25, 0.3) is 0 Å². The Morgan fingerprint density at radius 2 is 2.13 bits per heavy atom. The van der Waals surface area contributed by atoms with Crippen LogP contribution in [0.3, 0.4) is 0 Å². The molecule has 0 aliphatic carbocycles. The number of nitrogens with zero attached hydrogens (tertiary/aromatic N) is 2. The molecule has 1 saturated heterocycles. The molecule has 0 radical (unpaired) electrons. The van der Waals surface area contributed by atoms with Crippen LogP contribution in [0.4, 0.5) is 4.39 Å². The molecule has 1 aromatic rings. The third-order valence-corrected chi connectivity index (χ3v) is 2.81. The van der Waals surface area contributed by atoms with Crippen LogP contribution < -0.4 is 0 Å². The number of nitriles is 1. The fourth-order valence-electron chi connectivity index (χ4n) is 1.99. The van der Waals surface area contributed by atoms with Crippen molar-refractivity contribution in [3.05, 3.63) is 35.6 Å². The molecule has 0 bridgehead atoms. The van der Waals surface area contributed by atoms with Crippen molar-refractivity contribution in [3.63, 3.8) is 0 Å². The summed E-state index contributed by atoms with van der Waals surface area (Å²) in [5, 5.41) is 8.91. The summed E-state index contributed by atoms with van der Waals surface area (Å²) in [7, 11) is 0. The summed E-state index contributed by atoms with van der Waals surface area (Å²) < 4.78 is 12.7. The summed E-state index contributed by atoms with van der Waals surface area (Å²) in [6.07, 6.45) is 2.04. The Kier molecular flexibility index (Phi) is 2.98. The van der Waals surface area contributed by atoms with Crippen LogP contribution in [0.1, 0.15) is 18.4 Å². The molecule has 0 amide bonds. The second-order valence-electron chi connectivity index (χ2n) is 3.88. The lowest BCUT2D eigenvalue weighted by Crippen LogP contribution is -2.27. The summed E-state index contributed by atoms with van der Waals surface area (Å²) in [5.74, 6) is -0.211. The highest BCUT2D eigenvalue weighted by Crippen LogP contribution is 2.19. The molecular weight excluding hydrogens is 191 g/mol. The highest BCUT2D eigenvalue weighted by Gasteiger charge is 2.23. The lowest BCUT2D eigenvalue weighted by Gasteiger charge is -2.18. The molecule has 0 aromatic heterocycles. The first kappa shape index (κ1) is 10.1. The van der Waals surface area contributed by atoms with Crippen molar-refractivity contribution >= 4 is 0 Å². The quantitative estimate of drug-likeness (QED) is 0.739. The largest absolute Gasteiger partial charge is 0.284 e. The van der Waals surface area contributed by atoms with Gasteiger partial charge >= 0.3 is 0 Å². The van der Waals surface area contributed by atoms with Crippen molar-refractivity contribution in [2.24, 2.45) is 0 Å². The molecule has 0 N–H and O–H groups in total. The van der Waals surface area contributed by atoms with Gasteiger partial charge in [-0.25, -0.2) is 4.39 Å². The van der Waals surface area contributed by atoms with Crippen molar-refractivity contribution in [2.75, 3.05) is 6.54 Å². The first-order chi connectivity index (χ1) is 7.29. The van der Waals surface area contributed by atoms with E-state index in [-0.39, 0.29) is 11.9 Å². The molecule has 0 saturated carbocycles. The van der Waals surface area contributed by atoms with Crippen LogP contribution in [0.2, 0.25) is 0 Å². The first-order valence-electron chi connectivity index (χ1n) is 5.18. The van der Waals surface area contributed by atoms with E-state index in [9.17, 15) is 4.39 Å². The lowest BCUT2D eigenvalue weighted by molar-refractivity contribution is 0.286. The van der Waals surface area contributed by atoms with E-state index in [4.69, 9.17) is 5.26 Å². The van der Waals surface area contributed by atoms with E-state index in [2.05, 4.69) is 11.0 Å². The average Bonchev–Trinajstić information content (AvgIpc) is 2.69. The fraction of sp³-hybridized carbons (Fsp3) is 0.417. The molecule has 2 nitrogen and oxygen atoms in total. The predicted molar refractivity (Wildman–Crippen MR) is 55.4 cm³/mol. The highest BCUT2D eigenvalue weighted by atomic mass is 19.1. The molecule has 1 atom stereocenters. The van der Waals surface area contributed by atoms with Gasteiger partial charge in [-0.3, -0.25) is 4.90 Å². The van der Waals surface area contributed by atoms with E-state index in [0.717, 1.165) is 31.5 Å². The normalized spacial score (nSPS) is 21.5. The van der Waals surface area contributed by atoms with Gasteiger partial charge in [-0.05, 0) is 37.1 Å². The molecule has 1 aromatic carbocycles. The Morgan fingerprint density at radius 3 is 2.80 bits per heavy atom. The Morgan fingerprint density at radius 1 is 1.40 bits per heavy atom. The zero-order valence-electron chi connectivity index (χ0n) is 8.49. The van der Waals surface area contributed by atoms with Crippen LogP contribution in [0, 0.1) is 17.1 Å². The van der Waals surface area contributed by atoms with Gasteiger partial charge < -0.3 is 0 Å². The van der Waals surface area contributed by atoms with Gasteiger partial charge in [-0.15, -0.1) is 0 Å². The second-order valence-corrected chi connectivity index (χ2v) is 3.88. The van der Waals surface area contributed by atoms with Crippen molar-refractivity contribution in [1.29, 1.82) is 5.26 Å². The van der Waals surface area contributed by atoms with E-state index in [0.29, 0.717) is 0 Å². The van der Waals surface area contributed by atoms with E-state index in [1.165, 1.54) is 12.1 Å². The molecule has 3 heteroatoms. The van der Waals surface area contributed by atoms with Crippen LogP contribution in [0.15, 0.2) is 24.3 Å². The number of rotatable bonds is 2. The Labute approximate surface area is 88.9 Å². The molecule has 1 aliphatic rings. The van der Waals surface area contributed by atoms with Crippen LogP contribution in [-0.2, 0) is 6.54 Å². The monoisotopic (exact) mass is 204 g/mol. The van der Waals surface area contributed by atoms with Gasteiger partial charge in [-0.2, -0.15) is 5.26 Å². The molecule has 15 heavy (non-hydrogen) atoms. The Balaban J connectivity index is 2.03. The molecule has 0 spiro atoms. The summed E-state index contributed by atoms with van der Waals surface area (Å²) in [6, 6.07) is 8.82. The topological polar surface area (TPSA) is 27.0 Å². The summed E-state index contributed by atoms with van der Waals surface area (Å²) in [4.78, 5) is 2.15. The summed E-state index contributed by atoms with van der Waals surface area (Å²) >= 11 is 0. The van der Waals surface area contributed by atoms with Crippen LogP contribution in [0.5, 0.6) is 0 Å². The predicted octanol–water partition coefficient (Wildman–Crippen LogP) is 2.31. The molecule has 1 heterocycles. The van der Waals surface area contributed by atoms with Gasteiger partial charge in [0, 0.05) is 6.54 Å². The molecule has 1 aliphatic heterocycles. The minimum Gasteiger partial charge on any atom is -0.284 e. The van der Waals surface area contributed by atoms with Crippen molar-refractivity contribution in [2.45, 2.75) is 25.4 Å². The van der Waals surface area contributed by atoms with E-state index in [1.807, 2.05) is 0 Å². The maximum atomic E-state index is 12.7. The van der Waals surface area contributed by atoms with Crippen molar-refractivity contribution in [3.8, 4) is 6.07 Å². The highest BCUT2D eigenvalue weighted by molar-refractivity contribution is 5.16. The number of benzene rings is 1. The number of hydrogen-bond acceptors (Lipinski definition) is 2. The number of halogens is 1. The van der Waals surface area contributed by atoms with Crippen LogP contribution >= 0.6 is 0 Å². The lowest BCUT2D eigenvalue weighted by atomic mass is 10.2. The Hall–Kier alpha value is -1.40. The van der Waals surface area contributed by atoms with E-state index < -0.39 is 0 Å². The minimum absolute atomic E-state index is 0.0371. The third kappa shape index (κ3) is 2.34. The number of hydrogen-bond donors (Lipinski definition) is 0. The summed E-state index contributed by atoms with van der Waals surface area (Å²) in [5.41, 5.74) is 1.07. The fourth-order valence-corrected chi connectivity index (χ4v) is 1.99. The Bertz CT molecular complexity index is 366. The maximum absolute atomic E-state index is 12.7. The first-order valence-corrected chi connectivity index (χ1v) is 5.18. The van der Waals surface area contributed by atoms with Gasteiger partial charge in [0.15, 0.2) is 0 Å². The maximum Gasteiger partial charge on any atom is 0.123 e. The van der Waals surface area contributed by atoms with Gasteiger partial charge in [-0.1, -0.05) is 12.1 Å². The van der Waals surface area contributed by atoms with Crippen molar-refractivity contribution < 1.29 is 4.39 Å². The van der Waals surface area contributed by atoms with Gasteiger partial charge in [0.2, 0.25) is 0 Å². The van der Waals surface area contributed by atoms with Gasteiger partial charge in [0.05, 0.1) is 12.1 Å². The zero-order valence-corrected chi connectivity index (χ0v) is 8.49. The molecule has 78 valence electrons. The average molecular weight is 204 g/mol. The van der Waals surface area contributed by atoms with E-state index >= 15 is 0 Å². The smallest absolute Gasteiger partial charge is 0.123 e. The second kappa shape index (κ2) is 4.41. The molecule has 1 unspecified atom stereocenters. The van der Waals surface area contributed by atoms with E-state index in [1.54, 1.807) is 12.1 Å². The van der Waals surface area contributed by atoms with Crippen molar-refractivity contribution in [1.82, 2.24) is 4.90 Å². The zero-order chi connectivity index (χ0) is 10.7. The molecule has 1 fully saturated rings. The SMILES string of the molecule is N#CC1CCCN1Cc1ccc(F)cc1.